The van der Waals surface area contributed by atoms with Gasteiger partial charge in [-0.25, -0.2) is 4.79 Å². The number of carbonyl (C=O) groups excluding carboxylic acids is 2. The van der Waals surface area contributed by atoms with Crippen molar-refractivity contribution in [3.05, 3.63) is 59.7 Å². The van der Waals surface area contributed by atoms with E-state index in [0.29, 0.717) is 32.4 Å². The molecule has 2 aromatic rings. The molecule has 3 N–H and O–H groups in total. The van der Waals surface area contributed by atoms with Gasteiger partial charge in [-0.05, 0) is 41.5 Å². The van der Waals surface area contributed by atoms with Crippen molar-refractivity contribution in [1.82, 2.24) is 10.6 Å². The van der Waals surface area contributed by atoms with Crippen LogP contribution in [0, 0.1) is 0 Å². The number of amides is 2. The van der Waals surface area contributed by atoms with Gasteiger partial charge in [0.15, 0.2) is 6.10 Å². The SMILES string of the molecule is O=C(O)CCCCNC(=O)C1OCCC1NC(=O)OCC1c2ccccc2-c2ccccc21. The molecule has 2 aliphatic rings. The molecule has 1 aliphatic carbocycles. The lowest BCUT2D eigenvalue weighted by molar-refractivity contribution is -0.137. The van der Waals surface area contributed by atoms with Gasteiger partial charge in [-0.15, -0.1) is 0 Å². The van der Waals surface area contributed by atoms with E-state index >= 15 is 0 Å². The maximum Gasteiger partial charge on any atom is 0.407 e. The van der Waals surface area contributed by atoms with Gasteiger partial charge in [0.25, 0.3) is 5.91 Å². The lowest BCUT2D eigenvalue weighted by Crippen LogP contribution is -2.48. The third kappa shape index (κ3) is 5.34. The van der Waals surface area contributed by atoms with Crippen LogP contribution in [-0.2, 0) is 19.1 Å². The van der Waals surface area contributed by atoms with Crippen molar-refractivity contribution in [1.29, 1.82) is 0 Å². The lowest BCUT2D eigenvalue weighted by atomic mass is 9.98. The molecule has 0 bridgehead atoms. The van der Waals surface area contributed by atoms with Crippen LogP contribution in [0.3, 0.4) is 0 Å². The van der Waals surface area contributed by atoms with E-state index in [2.05, 4.69) is 34.9 Å². The lowest BCUT2D eigenvalue weighted by Gasteiger charge is -2.20. The van der Waals surface area contributed by atoms with Crippen LogP contribution in [-0.4, -0.2) is 55.0 Å². The number of alkyl carbamates (subject to hydrolysis) is 1. The molecule has 0 aromatic heterocycles. The molecule has 8 nitrogen and oxygen atoms in total. The molecule has 0 saturated carbocycles. The number of nitrogens with one attached hydrogen (secondary N) is 2. The molecule has 8 heteroatoms. The van der Waals surface area contributed by atoms with Gasteiger partial charge >= 0.3 is 12.1 Å². The van der Waals surface area contributed by atoms with Gasteiger partial charge in [0.2, 0.25) is 0 Å². The highest BCUT2D eigenvalue weighted by molar-refractivity contribution is 5.83. The quantitative estimate of drug-likeness (QED) is 0.504. The molecule has 2 amide bonds. The Kier molecular flexibility index (Phi) is 7.24. The summed E-state index contributed by atoms with van der Waals surface area (Å²) in [6.07, 6.45) is 0.275. The number of hydrogen-bond donors (Lipinski definition) is 3. The van der Waals surface area contributed by atoms with Crippen molar-refractivity contribution in [3.63, 3.8) is 0 Å². The van der Waals surface area contributed by atoms with E-state index in [0.717, 1.165) is 22.3 Å². The molecule has 2 aromatic carbocycles. The fourth-order valence-electron chi connectivity index (χ4n) is 4.50. The first-order valence-electron chi connectivity index (χ1n) is 11.3. The molecule has 1 aliphatic heterocycles. The van der Waals surface area contributed by atoms with Gasteiger partial charge in [0.1, 0.15) is 6.61 Å². The number of hydrogen-bond acceptors (Lipinski definition) is 5. The minimum absolute atomic E-state index is 0.0344. The molecular weight excluding hydrogens is 424 g/mol. The largest absolute Gasteiger partial charge is 0.481 e. The number of rotatable bonds is 9. The summed E-state index contributed by atoms with van der Waals surface area (Å²) in [6, 6.07) is 15.8. The van der Waals surface area contributed by atoms with E-state index in [4.69, 9.17) is 14.6 Å². The number of ether oxygens (including phenoxy) is 2. The molecule has 0 spiro atoms. The highest BCUT2D eigenvalue weighted by Gasteiger charge is 2.36. The van der Waals surface area contributed by atoms with Crippen LogP contribution in [0.1, 0.15) is 42.7 Å². The minimum Gasteiger partial charge on any atom is -0.481 e. The van der Waals surface area contributed by atoms with Gasteiger partial charge in [-0.3, -0.25) is 9.59 Å². The van der Waals surface area contributed by atoms with Crippen molar-refractivity contribution in [2.24, 2.45) is 0 Å². The number of fused-ring (bicyclic) bond motifs is 3. The Labute approximate surface area is 192 Å². The first-order valence-corrected chi connectivity index (χ1v) is 11.3. The summed E-state index contributed by atoms with van der Waals surface area (Å²) in [5.41, 5.74) is 4.59. The molecule has 1 fully saturated rings. The number of benzene rings is 2. The maximum absolute atomic E-state index is 12.5. The Balaban J connectivity index is 1.28. The second kappa shape index (κ2) is 10.5. The van der Waals surface area contributed by atoms with Crippen LogP contribution >= 0.6 is 0 Å². The number of carboxylic acid groups (broad SMARTS) is 1. The average molecular weight is 453 g/mol. The van der Waals surface area contributed by atoms with Crippen molar-refractivity contribution in [2.75, 3.05) is 19.8 Å². The van der Waals surface area contributed by atoms with Crippen LogP contribution in [0.5, 0.6) is 0 Å². The maximum atomic E-state index is 12.5. The number of carboxylic acids is 1. The van der Waals surface area contributed by atoms with E-state index in [-0.39, 0.29) is 24.9 Å². The normalized spacial score (nSPS) is 18.9. The Morgan fingerprint density at radius 3 is 2.33 bits per heavy atom. The standard InChI is InChI=1S/C25H28N2O6/c28-22(29)11-5-6-13-26-24(30)23-21(12-14-32-23)27-25(31)33-15-20-18-9-3-1-7-16(18)17-8-2-4-10-19(17)20/h1-4,7-10,20-21,23H,5-6,11-15H2,(H,26,30)(H,27,31)(H,28,29). The van der Waals surface area contributed by atoms with Gasteiger partial charge in [0.05, 0.1) is 6.04 Å². The van der Waals surface area contributed by atoms with Crippen molar-refractivity contribution in [2.45, 2.75) is 43.7 Å². The van der Waals surface area contributed by atoms with Crippen LogP contribution in [0.15, 0.2) is 48.5 Å². The number of carbonyl (C=O) groups is 3. The van der Waals surface area contributed by atoms with Crippen LogP contribution < -0.4 is 10.6 Å². The zero-order valence-electron chi connectivity index (χ0n) is 18.3. The second-order valence-corrected chi connectivity index (χ2v) is 8.30. The van der Waals surface area contributed by atoms with Crippen molar-refractivity contribution < 1.29 is 29.0 Å². The fourth-order valence-corrected chi connectivity index (χ4v) is 4.50. The smallest absolute Gasteiger partial charge is 0.407 e. The summed E-state index contributed by atoms with van der Waals surface area (Å²) < 4.78 is 11.1. The monoisotopic (exact) mass is 452 g/mol. The Morgan fingerprint density at radius 2 is 1.67 bits per heavy atom. The summed E-state index contributed by atoms with van der Waals surface area (Å²) >= 11 is 0. The fraction of sp³-hybridized carbons (Fsp3) is 0.400. The minimum atomic E-state index is -0.854. The molecule has 2 atom stereocenters. The molecule has 0 radical (unpaired) electrons. The zero-order chi connectivity index (χ0) is 23.2. The van der Waals surface area contributed by atoms with Crippen LogP contribution in [0.25, 0.3) is 11.1 Å². The molecule has 1 saturated heterocycles. The number of aliphatic carboxylic acids is 1. The molecule has 174 valence electrons. The summed E-state index contributed by atoms with van der Waals surface area (Å²) in [7, 11) is 0. The van der Waals surface area contributed by atoms with Crippen molar-refractivity contribution >= 4 is 18.0 Å². The van der Waals surface area contributed by atoms with Crippen molar-refractivity contribution in [3.8, 4) is 11.1 Å². The Morgan fingerprint density at radius 1 is 1.00 bits per heavy atom. The first-order chi connectivity index (χ1) is 16.0. The van der Waals surface area contributed by atoms with Crippen LogP contribution in [0.4, 0.5) is 4.79 Å². The third-order valence-corrected chi connectivity index (χ3v) is 6.11. The Hall–Kier alpha value is -3.39. The van der Waals surface area contributed by atoms with E-state index < -0.39 is 24.2 Å². The van der Waals surface area contributed by atoms with E-state index in [9.17, 15) is 14.4 Å². The summed E-state index contributed by atoms with van der Waals surface area (Å²) in [6.45, 7) is 0.933. The van der Waals surface area contributed by atoms with Gasteiger partial charge in [-0.1, -0.05) is 48.5 Å². The van der Waals surface area contributed by atoms with E-state index in [1.54, 1.807) is 0 Å². The molecule has 33 heavy (non-hydrogen) atoms. The van der Waals surface area contributed by atoms with Gasteiger partial charge in [0, 0.05) is 25.5 Å². The zero-order valence-corrected chi connectivity index (χ0v) is 18.3. The predicted molar refractivity (Wildman–Crippen MR) is 121 cm³/mol. The molecule has 4 rings (SSSR count). The average Bonchev–Trinajstić information content (AvgIpc) is 3.39. The van der Waals surface area contributed by atoms with Gasteiger partial charge < -0.3 is 25.2 Å². The van der Waals surface area contributed by atoms with Crippen LogP contribution in [0.2, 0.25) is 0 Å². The molecule has 2 unspecified atom stereocenters. The second-order valence-electron chi connectivity index (χ2n) is 8.30. The Bertz CT molecular complexity index is 978. The topological polar surface area (TPSA) is 114 Å². The highest BCUT2D eigenvalue weighted by Crippen LogP contribution is 2.44. The molecule has 1 heterocycles. The summed E-state index contributed by atoms with van der Waals surface area (Å²) in [4.78, 5) is 35.5. The third-order valence-electron chi connectivity index (χ3n) is 6.11. The number of unbranched alkanes of at least 4 members (excludes halogenated alkanes) is 1. The molecular formula is C25H28N2O6. The first kappa shape index (κ1) is 22.8. The van der Waals surface area contributed by atoms with Gasteiger partial charge in [-0.2, -0.15) is 0 Å². The predicted octanol–water partition coefficient (Wildman–Crippen LogP) is 3.05. The summed E-state index contributed by atoms with van der Waals surface area (Å²) in [5, 5.41) is 14.2. The van der Waals surface area contributed by atoms with E-state index in [1.807, 2.05) is 24.3 Å². The highest BCUT2D eigenvalue weighted by atomic mass is 16.6. The summed E-state index contributed by atoms with van der Waals surface area (Å²) in [5.74, 6) is -1.20. The van der Waals surface area contributed by atoms with E-state index in [1.165, 1.54) is 0 Å².